The van der Waals surface area contributed by atoms with Crippen LogP contribution in [0.4, 0.5) is 0 Å². The van der Waals surface area contributed by atoms with Gasteiger partial charge in [0.1, 0.15) is 0 Å². The molecular formula is C26H38N4O. The van der Waals surface area contributed by atoms with Crippen molar-refractivity contribution in [1.29, 1.82) is 0 Å². The standard InChI is InChI=1S/C26H38N4O/c1-24(2,3)23-18-20(21-9-15-29-30(21)23)27-16-12-25(22-8-4-7-14-28-22)13-17-31-26(19-25)10-5-6-11-26/h4,7-9,14-15,20,23,27H,5-6,10-13,16-19H2,1-3H3/t20-,23+,25?/m1/s1. The first kappa shape index (κ1) is 21.1. The maximum atomic E-state index is 6.41. The van der Waals surface area contributed by atoms with Crippen molar-refractivity contribution in [3.8, 4) is 0 Å². The normalized spacial score (nSPS) is 30.0. The predicted molar refractivity (Wildman–Crippen MR) is 123 cm³/mol. The van der Waals surface area contributed by atoms with Crippen molar-refractivity contribution in [2.24, 2.45) is 5.41 Å². The van der Waals surface area contributed by atoms with E-state index in [4.69, 9.17) is 9.72 Å². The van der Waals surface area contributed by atoms with Gasteiger partial charge >= 0.3 is 0 Å². The third-order valence-corrected chi connectivity index (χ3v) is 8.18. The molecule has 2 aliphatic heterocycles. The van der Waals surface area contributed by atoms with Gasteiger partial charge in [-0.05, 0) is 68.7 Å². The highest BCUT2D eigenvalue weighted by atomic mass is 16.5. The number of aromatic nitrogens is 3. The molecule has 0 amide bonds. The van der Waals surface area contributed by atoms with E-state index in [1.54, 1.807) is 0 Å². The fourth-order valence-electron chi connectivity index (χ4n) is 6.49. The second-order valence-corrected chi connectivity index (χ2v) is 11.2. The van der Waals surface area contributed by atoms with Crippen LogP contribution in [0.5, 0.6) is 0 Å². The minimum absolute atomic E-state index is 0.0824. The molecule has 5 nitrogen and oxygen atoms in total. The SMILES string of the molecule is CC(C)(C)[C@@H]1C[C@@H](NCCC2(c3ccccn3)CCOC3(CCCC3)C2)c2ccnn21. The van der Waals surface area contributed by atoms with E-state index in [1.165, 1.54) is 37.1 Å². The van der Waals surface area contributed by atoms with Gasteiger partial charge < -0.3 is 10.1 Å². The summed E-state index contributed by atoms with van der Waals surface area (Å²) >= 11 is 0. The highest BCUT2D eigenvalue weighted by molar-refractivity contribution is 5.21. The molecule has 2 aromatic rings. The fourth-order valence-corrected chi connectivity index (χ4v) is 6.49. The van der Waals surface area contributed by atoms with Gasteiger partial charge in [0.15, 0.2) is 0 Å². The predicted octanol–water partition coefficient (Wildman–Crippen LogP) is 5.35. The van der Waals surface area contributed by atoms with Crippen LogP contribution in [0.25, 0.3) is 0 Å². The van der Waals surface area contributed by atoms with Gasteiger partial charge in [0, 0.05) is 30.1 Å². The first-order valence-electron chi connectivity index (χ1n) is 12.2. The van der Waals surface area contributed by atoms with E-state index < -0.39 is 0 Å². The Bertz CT molecular complexity index is 880. The summed E-state index contributed by atoms with van der Waals surface area (Å²) in [6, 6.07) is 9.45. The van der Waals surface area contributed by atoms with Gasteiger partial charge in [0.25, 0.3) is 0 Å². The van der Waals surface area contributed by atoms with Gasteiger partial charge in [-0.25, -0.2) is 0 Å². The second kappa shape index (κ2) is 8.00. The summed E-state index contributed by atoms with van der Waals surface area (Å²) in [5.74, 6) is 0. The van der Waals surface area contributed by atoms with Crippen molar-refractivity contribution in [2.45, 2.75) is 95.2 Å². The molecule has 0 bridgehead atoms. The molecule has 168 valence electrons. The van der Waals surface area contributed by atoms with Gasteiger partial charge in [-0.15, -0.1) is 0 Å². The van der Waals surface area contributed by atoms with Crippen LogP contribution in [0.2, 0.25) is 0 Å². The van der Waals surface area contributed by atoms with Crippen LogP contribution in [0, 0.1) is 5.41 Å². The monoisotopic (exact) mass is 422 g/mol. The van der Waals surface area contributed by atoms with Crippen LogP contribution in [-0.4, -0.2) is 33.5 Å². The van der Waals surface area contributed by atoms with Gasteiger partial charge in [0.2, 0.25) is 0 Å². The van der Waals surface area contributed by atoms with Crippen LogP contribution in [0.15, 0.2) is 36.7 Å². The Morgan fingerprint density at radius 3 is 2.71 bits per heavy atom. The smallest absolute Gasteiger partial charge is 0.0691 e. The number of hydrogen-bond donors (Lipinski definition) is 1. The average molecular weight is 423 g/mol. The van der Waals surface area contributed by atoms with E-state index in [0.717, 1.165) is 38.8 Å². The number of nitrogens with one attached hydrogen (secondary N) is 1. The zero-order valence-electron chi connectivity index (χ0n) is 19.4. The molecule has 5 heteroatoms. The molecule has 1 aliphatic carbocycles. The molecule has 0 radical (unpaired) electrons. The lowest BCUT2D eigenvalue weighted by Crippen LogP contribution is -2.47. The highest BCUT2D eigenvalue weighted by Gasteiger charge is 2.48. The molecule has 1 N–H and O–H groups in total. The van der Waals surface area contributed by atoms with Crippen LogP contribution >= 0.6 is 0 Å². The molecule has 0 aromatic carbocycles. The van der Waals surface area contributed by atoms with E-state index in [2.05, 4.69) is 54.1 Å². The number of pyridine rings is 1. The summed E-state index contributed by atoms with van der Waals surface area (Å²) in [5, 5.41) is 8.57. The minimum atomic E-state index is 0.0824. The number of nitrogens with zero attached hydrogens (tertiary/aromatic N) is 3. The Hall–Kier alpha value is -1.72. The van der Waals surface area contributed by atoms with E-state index in [9.17, 15) is 0 Å². The topological polar surface area (TPSA) is 52.0 Å². The van der Waals surface area contributed by atoms with Crippen molar-refractivity contribution in [3.05, 3.63) is 48.0 Å². The third kappa shape index (κ3) is 3.95. The summed E-state index contributed by atoms with van der Waals surface area (Å²) in [5.41, 5.74) is 3.00. The molecule has 1 spiro atoms. The molecular weight excluding hydrogens is 384 g/mol. The Morgan fingerprint density at radius 1 is 1.13 bits per heavy atom. The number of rotatable bonds is 5. The first-order valence-corrected chi connectivity index (χ1v) is 12.2. The Morgan fingerprint density at radius 2 is 1.97 bits per heavy atom. The number of ether oxygens (including phenoxy) is 1. The number of hydrogen-bond acceptors (Lipinski definition) is 4. The van der Waals surface area contributed by atoms with Crippen molar-refractivity contribution in [3.63, 3.8) is 0 Å². The molecule has 31 heavy (non-hydrogen) atoms. The van der Waals surface area contributed by atoms with E-state index >= 15 is 0 Å². The summed E-state index contributed by atoms with van der Waals surface area (Å²) in [6.07, 6.45) is 13.4. The quantitative estimate of drug-likeness (QED) is 0.706. The Labute approximate surface area is 187 Å². The van der Waals surface area contributed by atoms with Gasteiger partial charge in [-0.1, -0.05) is 39.7 Å². The zero-order chi connectivity index (χ0) is 21.5. The van der Waals surface area contributed by atoms with Crippen LogP contribution < -0.4 is 5.32 Å². The largest absolute Gasteiger partial charge is 0.375 e. The maximum absolute atomic E-state index is 6.41. The van der Waals surface area contributed by atoms with Gasteiger partial charge in [-0.2, -0.15) is 5.10 Å². The molecule has 4 heterocycles. The summed E-state index contributed by atoms with van der Waals surface area (Å²) in [4.78, 5) is 4.85. The molecule has 1 saturated heterocycles. The summed E-state index contributed by atoms with van der Waals surface area (Å²) in [6.45, 7) is 8.83. The molecule has 3 aliphatic rings. The molecule has 5 rings (SSSR count). The van der Waals surface area contributed by atoms with Crippen LogP contribution in [-0.2, 0) is 10.2 Å². The molecule has 1 unspecified atom stereocenters. The van der Waals surface area contributed by atoms with E-state index in [-0.39, 0.29) is 16.4 Å². The molecule has 2 aromatic heterocycles. The lowest BCUT2D eigenvalue weighted by Gasteiger charge is -2.46. The number of fused-ring (bicyclic) bond motifs is 1. The Balaban J connectivity index is 1.32. The summed E-state index contributed by atoms with van der Waals surface area (Å²) < 4.78 is 8.67. The van der Waals surface area contributed by atoms with E-state index in [1.807, 2.05) is 18.5 Å². The Kier molecular flexibility index (Phi) is 5.46. The molecule has 1 saturated carbocycles. The van der Waals surface area contributed by atoms with Crippen LogP contribution in [0.1, 0.15) is 95.6 Å². The lowest BCUT2D eigenvalue weighted by atomic mass is 9.68. The third-order valence-electron chi connectivity index (χ3n) is 8.18. The van der Waals surface area contributed by atoms with Crippen LogP contribution in [0.3, 0.4) is 0 Å². The van der Waals surface area contributed by atoms with Crippen molar-refractivity contribution >= 4 is 0 Å². The fraction of sp³-hybridized carbons (Fsp3) is 0.692. The molecule has 3 atom stereocenters. The highest BCUT2D eigenvalue weighted by Crippen LogP contribution is 2.50. The lowest BCUT2D eigenvalue weighted by molar-refractivity contribution is -0.104. The van der Waals surface area contributed by atoms with Crippen molar-refractivity contribution < 1.29 is 4.74 Å². The zero-order valence-corrected chi connectivity index (χ0v) is 19.4. The van der Waals surface area contributed by atoms with Gasteiger partial charge in [-0.3, -0.25) is 9.67 Å². The average Bonchev–Trinajstić information content (AvgIpc) is 3.47. The van der Waals surface area contributed by atoms with Gasteiger partial charge in [0.05, 0.1) is 23.4 Å². The maximum Gasteiger partial charge on any atom is 0.0691 e. The minimum Gasteiger partial charge on any atom is -0.375 e. The first-order chi connectivity index (χ1) is 14.9. The van der Waals surface area contributed by atoms with Crippen molar-refractivity contribution in [2.75, 3.05) is 13.2 Å². The summed E-state index contributed by atoms with van der Waals surface area (Å²) in [7, 11) is 0. The second-order valence-electron chi connectivity index (χ2n) is 11.2. The van der Waals surface area contributed by atoms with E-state index in [0.29, 0.717) is 12.1 Å². The molecule has 2 fully saturated rings. The van der Waals surface area contributed by atoms with Crippen molar-refractivity contribution in [1.82, 2.24) is 20.1 Å².